The molecular formula is C20H23N3O. The zero-order valence-corrected chi connectivity index (χ0v) is 14.3. The van der Waals surface area contributed by atoms with Gasteiger partial charge in [0, 0.05) is 30.4 Å². The Kier molecular flexibility index (Phi) is 5.90. The maximum Gasteiger partial charge on any atom is 0.247 e. The summed E-state index contributed by atoms with van der Waals surface area (Å²) < 4.78 is 1.89. The summed E-state index contributed by atoms with van der Waals surface area (Å²) in [6.45, 7) is 12.3. The van der Waals surface area contributed by atoms with Crippen molar-refractivity contribution in [2.24, 2.45) is 0 Å². The van der Waals surface area contributed by atoms with Crippen LogP contribution in [0, 0.1) is 13.8 Å². The molecule has 24 heavy (non-hydrogen) atoms. The minimum atomic E-state index is -0.0685. The van der Waals surface area contributed by atoms with E-state index < -0.39 is 0 Å². The van der Waals surface area contributed by atoms with Crippen molar-refractivity contribution in [2.45, 2.75) is 13.8 Å². The number of para-hydroxylation sites is 1. The van der Waals surface area contributed by atoms with Crippen LogP contribution >= 0.6 is 0 Å². The van der Waals surface area contributed by atoms with Crippen LogP contribution < -0.4 is 0 Å². The summed E-state index contributed by atoms with van der Waals surface area (Å²) in [6, 6.07) is 9.95. The highest BCUT2D eigenvalue weighted by molar-refractivity contribution is 5.92. The molecule has 0 aliphatic carbocycles. The molecule has 1 aromatic carbocycles. The summed E-state index contributed by atoms with van der Waals surface area (Å²) in [6.07, 6.45) is 6.83. The number of carbonyl (C=O) groups excluding carboxylic acids is 1. The first-order chi connectivity index (χ1) is 11.6. The molecule has 0 N–H and O–H groups in total. The van der Waals surface area contributed by atoms with Crippen molar-refractivity contribution in [2.75, 3.05) is 13.1 Å². The van der Waals surface area contributed by atoms with Gasteiger partial charge in [0.15, 0.2) is 0 Å². The molecule has 0 unspecified atom stereocenters. The lowest BCUT2D eigenvalue weighted by Crippen LogP contribution is -2.29. The lowest BCUT2D eigenvalue weighted by Gasteiger charge is -2.16. The minimum Gasteiger partial charge on any atom is -0.332 e. The van der Waals surface area contributed by atoms with Crippen molar-refractivity contribution < 1.29 is 4.79 Å². The summed E-state index contributed by atoms with van der Waals surface area (Å²) >= 11 is 0. The van der Waals surface area contributed by atoms with E-state index in [0.717, 1.165) is 22.6 Å². The summed E-state index contributed by atoms with van der Waals surface area (Å²) in [5, 5.41) is 4.58. The summed E-state index contributed by atoms with van der Waals surface area (Å²) in [5.41, 5.74) is 3.86. The molecule has 0 spiro atoms. The Balaban J connectivity index is 2.27. The average molecular weight is 321 g/mol. The molecule has 2 rings (SSSR count). The van der Waals surface area contributed by atoms with Gasteiger partial charge in [-0.25, -0.2) is 4.68 Å². The van der Waals surface area contributed by atoms with Gasteiger partial charge in [-0.3, -0.25) is 4.79 Å². The van der Waals surface area contributed by atoms with E-state index >= 15 is 0 Å². The average Bonchev–Trinajstić information content (AvgIpc) is 2.87. The Morgan fingerprint density at radius 2 is 1.79 bits per heavy atom. The van der Waals surface area contributed by atoms with Gasteiger partial charge in [0.1, 0.15) is 0 Å². The fourth-order valence-corrected chi connectivity index (χ4v) is 2.54. The van der Waals surface area contributed by atoms with Crippen LogP contribution in [0.15, 0.2) is 61.7 Å². The van der Waals surface area contributed by atoms with E-state index in [4.69, 9.17) is 0 Å². The molecule has 0 radical (unpaired) electrons. The van der Waals surface area contributed by atoms with Crippen LogP contribution in [0.5, 0.6) is 0 Å². The van der Waals surface area contributed by atoms with Crippen molar-refractivity contribution in [1.29, 1.82) is 0 Å². The van der Waals surface area contributed by atoms with E-state index in [-0.39, 0.29) is 5.91 Å². The maximum atomic E-state index is 12.3. The smallest absolute Gasteiger partial charge is 0.247 e. The lowest BCUT2D eigenvalue weighted by molar-refractivity contribution is -0.124. The van der Waals surface area contributed by atoms with Gasteiger partial charge in [0.25, 0.3) is 0 Å². The Bertz CT molecular complexity index is 747. The minimum absolute atomic E-state index is 0.0685. The molecule has 0 atom stereocenters. The van der Waals surface area contributed by atoms with Gasteiger partial charge >= 0.3 is 0 Å². The van der Waals surface area contributed by atoms with Crippen molar-refractivity contribution in [3.05, 3.63) is 78.7 Å². The Hall–Kier alpha value is -2.88. The molecule has 4 heteroatoms. The molecule has 0 bridgehead atoms. The third-order valence-electron chi connectivity index (χ3n) is 3.75. The summed E-state index contributed by atoms with van der Waals surface area (Å²) in [4.78, 5) is 14.0. The fraction of sp³-hybridized carbons (Fsp3) is 0.200. The third-order valence-corrected chi connectivity index (χ3v) is 3.75. The first-order valence-corrected chi connectivity index (χ1v) is 7.89. The van der Waals surface area contributed by atoms with E-state index in [1.54, 1.807) is 23.1 Å². The maximum absolute atomic E-state index is 12.3. The van der Waals surface area contributed by atoms with Crippen LogP contribution in [-0.4, -0.2) is 33.7 Å². The van der Waals surface area contributed by atoms with Crippen LogP contribution in [0.4, 0.5) is 0 Å². The van der Waals surface area contributed by atoms with Crippen LogP contribution in [0.2, 0.25) is 0 Å². The van der Waals surface area contributed by atoms with Crippen LogP contribution in [0.25, 0.3) is 11.8 Å². The van der Waals surface area contributed by atoms with Crippen molar-refractivity contribution >= 4 is 12.0 Å². The van der Waals surface area contributed by atoms with Crippen LogP contribution in [-0.2, 0) is 4.79 Å². The highest BCUT2D eigenvalue weighted by Crippen LogP contribution is 2.19. The predicted octanol–water partition coefficient (Wildman–Crippen LogP) is 3.70. The van der Waals surface area contributed by atoms with Gasteiger partial charge in [0.05, 0.1) is 11.4 Å². The van der Waals surface area contributed by atoms with Crippen LogP contribution in [0.3, 0.4) is 0 Å². The summed E-state index contributed by atoms with van der Waals surface area (Å²) in [5.74, 6) is -0.0685. The topological polar surface area (TPSA) is 38.1 Å². The zero-order chi connectivity index (χ0) is 17.5. The molecule has 0 saturated carbocycles. The van der Waals surface area contributed by atoms with Gasteiger partial charge in [-0.05, 0) is 32.1 Å². The van der Waals surface area contributed by atoms with Gasteiger partial charge in [-0.15, -0.1) is 13.2 Å². The number of aromatic nitrogens is 2. The van der Waals surface area contributed by atoms with Crippen LogP contribution in [0.1, 0.15) is 17.0 Å². The normalized spacial score (nSPS) is 10.8. The lowest BCUT2D eigenvalue weighted by atomic mass is 10.1. The number of hydrogen-bond acceptors (Lipinski definition) is 2. The fourth-order valence-electron chi connectivity index (χ4n) is 2.54. The Morgan fingerprint density at radius 3 is 2.38 bits per heavy atom. The molecule has 0 aliphatic rings. The molecular weight excluding hydrogens is 298 g/mol. The largest absolute Gasteiger partial charge is 0.332 e. The number of rotatable bonds is 7. The zero-order valence-electron chi connectivity index (χ0n) is 14.3. The Labute approximate surface area is 143 Å². The first-order valence-electron chi connectivity index (χ1n) is 7.89. The molecule has 4 nitrogen and oxygen atoms in total. The highest BCUT2D eigenvalue weighted by Gasteiger charge is 2.12. The molecule has 2 aromatic rings. The number of amides is 1. The number of hydrogen-bond donors (Lipinski definition) is 0. The second kappa shape index (κ2) is 8.11. The quantitative estimate of drug-likeness (QED) is 0.576. The number of benzene rings is 1. The van der Waals surface area contributed by atoms with Crippen molar-refractivity contribution in [1.82, 2.24) is 14.7 Å². The van der Waals surface area contributed by atoms with E-state index in [9.17, 15) is 4.79 Å². The Morgan fingerprint density at radius 1 is 1.17 bits per heavy atom. The first kappa shape index (κ1) is 17.5. The van der Waals surface area contributed by atoms with Crippen molar-refractivity contribution in [3.63, 3.8) is 0 Å². The molecule has 1 aromatic heterocycles. The predicted molar refractivity (Wildman–Crippen MR) is 99.0 cm³/mol. The molecule has 1 heterocycles. The van der Waals surface area contributed by atoms with Crippen molar-refractivity contribution in [3.8, 4) is 5.69 Å². The molecule has 124 valence electrons. The third kappa shape index (κ3) is 3.90. The molecule has 0 aliphatic heterocycles. The van der Waals surface area contributed by atoms with Gasteiger partial charge in [-0.2, -0.15) is 5.10 Å². The van der Waals surface area contributed by atoms with E-state index in [1.807, 2.05) is 54.9 Å². The van der Waals surface area contributed by atoms with E-state index in [1.165, 1.54) is 0 Å². The van der Waals surface area contributed by atoms with Gasteiger partial charge in [0.2, 0.25) is 5.91 Å². The number of nitrogens with zero attached hydrogens (tertiary/aromatic N) is 3. The number of carbonyl (C=O) groups is 1. The summed E-state index contributed by atoms with van der Waals surface area (Å²) in [7, 11) is 0. The monoisotopic (exact) mass is 321 g/mol. The molecule has 1 amide bonds. The second-order valence-corrected chi connectivity index (χ2v) is 5.49. The van der Waals surface area contributed by atoms with Gasteiger partial charge in [-0.1, -0.05) is 30.4 Å². The van der Waals surface area contributed by atoms with E-state index in [2.05, 4.69) is 18.3 Å². The second-order valence-electron chi connectivity index (χ2n) is 5.49. The molecule has 0 saturated heterocycles. The van der Waals surface area contributed by atoms with E-state index in [0.29, 0.717) is 13.1 Å². The highest BCUT2D eigenvalue weighted by atomic mass is 16.2. The SMILES string of the molecule is C=CCN(CC=C)C(=O)/C=C/c1c(C)nn(-c2ccccc2)c1C. The number of aryl methyl sites for hydroxylation is 1. The standard InChI is InChI=1S/C20H23N3O/c1-5-14-22(15-6-2)20(24)13-12-19-16(3)21-23(17(19)4)18-10-8-7-9-11-18/h5-13H,1-2,14-15H2,3-4H3/b13-12+. The van der Waals surface area contributed by atoms with Gasteiger partial charge < -0.3 is 4.90 Å². The molecule has 0 fully saturated rings.